The number of halogens is 1. The number of esters is 1. The molecule has 2 N–H and O–H groups in total. The number of imide groups is 1. The van der Waals surface area contributed by atoms with Gasteiger partial charge in [-0.1, -0.05) is 24.9 Å². The molecule has 1 aromatic rings. The summed E-state index contributed by atoms with van der Waals surface area (Å²) >= 11 is 6.21. The third-order valence-corrected chi connectivity index (χ3v) is 3.49. The van der Waals surface area contributed by atoms with E-state index >= 15 is 0 Å². The number of rotatable bonds is 10. The molecular weight excluding hydrogens is 376 g/mol. The lowest BCUT2D eigenvalue weighted by Crippen LogP contribution is -2.41. The van der Waals surface area contributed by atoms with Crippen molar-refractivity contribution < 1.29 is 28.6 Å². The molecule has 150 valence electrons. The maximum Gasteiger partial charge on any atom is 0.338 e. The number of carbonyl (C=O) groups is 3. The standard InChI is InChI=1S/C18H25ClN2O6/c1-4-7-8-26-16-13(19)9-12(10-14(16)25-6-3)17(23)27-11-15(22)21-18(24)20-5-2/h9-10H,4-8,11H2,1-3H3,(H2,20,21,22,24). The highest BCUT2D eigenvalue weighted by Gasteiger charge is 2.18. The van der Waals surface area contributed by atoms with Gasteiger partial charge in [-0.05, 0) is 32.4 Å². The van der Waals surface area contributed by atoms with Crippen molar-refractivity contribution in [1.29, 1.82) is 0 Å². The zero-order chi connectivity index (χ0) is 20.2. The topological polar surface area (TPSA) is 103 Å². The maximum absolute atomic E-state index is 12.2. The number of carbonyl (C=O) groups excluding carboxylic acids is 3. The van der Waals surface area contributed by atoms with Gasteiger partial charge in [0.2, 0.25) is 0 Å². The van der Waals surface area contributed by atoms with Crippen molar-refractivity contribution in [3.8, 4) is 11.5 Å². The minimum atomic E-state index is -0.774. The molecule has 0 heterocycles. The number of benzene rings is 1. The van der Waals surface area contributed by atoms with E-state index in [1.165, 1.54) is 12.1 Å². The van der Waals surface area contributed by atoms with Crippen LogP contribution in [0.2, 0.25) is 5.02 Å². The predicted molar refractivity (Wildman–Crippen MR) is 101 cm³/mol. The van der Waals surface area contributed by atoms with Gasteiger partial charge in [-0.25, -0.2) is 9.59 Å². The summed E-state index contributed by atoms with van der Waals surface area (Å²) in [6.07, 6.45) is 1.82. The summed E-state index contributed by atoms with van der Waals surface area (Å²) in [7, 11) is 0. The fourth-order valence-corrected chi connectivity index (χ4v) is 2.25. The molecule has 0 spiro atoms. The number of amides is 3. The summed E-state index contributed by atoms with van der Waals surface area (Å²) in [6.45, 7) is 6.12. The highest BCUT2D eigenvalue weighted by Crippen LogP contribution is 2.37. The van der Waals surface area contributed by atoms with Crippen LogP contribution in [0.15, 0.2) is 12.1 Å². The molecule has 0 aliphatic heterocycles. The third-order valence-electron chi connectivity index (χ3n) is 3.21. The van der Waals surface area contributed by atoms with Crippen molar-refractivity contribution in [2.24, 2.45) is 0 Å². The van der Waals surface area contributed by atoms with Gasteiger partial charge in [0.15, 0.2) is 18.1 Å². The van der Waals surface area contributed by atoms with E-state index in [2.05, 4.69) is 5.32 Å². The fourth-order valence-electron chi connectivity index (χ4n) is 1.99. The van der Waals surface area contributed by atoms with Crippen LogP contribution in [0.5, 0.6) is 11.5 Å². The molecule has 27 heavy (non-hydrogen) atoms. The molecule has 0 fully saturated rings. The van der Waals surface area contributed by atoms with Gasteiger partial charge < -0.3 is 19.5 Å². The Hall–Kier alpha value is -2.48. The number of urea groups is 1. The van der Waals surface area contributed by atoms with Crippen LogP contribution in [0.1, 0.15) is 44.0 Å². The summed E-state index contributed by atoms with van der Waals surface area (Å²) in [5, 5.41) is 4.63. The van der Waals surface area contributed by atoms with Gasteiger partial charge in [0.25, 0.3) is 5.91 Å². The zero-order valence-corrected chi connectivity index (χ0v) is 16.5. The third kappa shape index (κ3) is 7.74. The van der Waals surface area contributed by atoms with E-state index in [9.17, 15) is 14.4 Å². The lowest BCUT2D eigenvalue weighted by atomic mass is 10.2. The highest BCUT2D eigenvalue weighted by molar-refractivity contribution is 6.32. The average molecular weight is 401 g/mol. The average Bonchev–Trinajstić information content (AvgIpc) is 2.62. The fraction of sp³-hybridized carbons (Fsp3) is 0.500. The van der Waals surface area contributed by atoms with Gasteiger partial charge in [-0.3, -0.25) is 10.1 Å². The molecule has 0 atom stereocenters. The van der Waals surface area contributed by atoms with Crippen LogP contribution in [-0.4, -0.2) is 44.3 Å². The molecule has 0 bridgehead atoms. The molecule has 9 heteroatoms. The number of hydrogen-bond donors (Lipinski definition) is 2. The first-order chi connectivity index (χ1) is 12.9. The Labute approximate surface area is 163 Å². The van der Waals surface area contributed by atoms with Gasteiger partial charge in [0, 0.05) is 6.54 Å². The van der Waals surface area contributed by atoms with Crippen molar-refractivity contribution in [1.82, 2.24) is 10.6 Å². The van der Waals surface area contributed by atoms with Crippen LogP contribution in [0, 0.1) is 0 Å². The number of unbranched alkanes of at least 4 members (excludes halogenated alkanes) is 1. The Morgan fingerprint density at radius 1 is 1.11 bits per heavy atom. The summed E-state index contributed by atoms with van der Waals surface area (Å²) in [4.78, 5) is 35.0. The molecular formula is C18H25ClN2O6. The first kappa shape index (κ1) is 22.6. The minimum Gasteiger partial charge on any atom is -0.490 e. The Kier molecular flexibility index (Phi) is 10.0. The van der Waals surface area contributed by atoms with E-state index in [0.29, 0.717) is 31.3 Å². The second-order valence-electron chi connectivity index (χ2n) is 5.40. The van der Waals surface area contributed by atoms with Gasteiger partial charge in [0.1, 0.15) is 0 Å². The lowest BCUT2D eigenvalue weighted by molar-refractivity contribution is -0.123. The Morgan fingerprint density at radius 2 is 1.85 bits per heavy atom. The first-order valence-electron chi connectivity index (χ1n) is 8.76. The molecule has 0 radical (unpaired) electrons. The van der Waals surface area contributed by atoms with Crippen LogP contribution in [0.3, 0.4) is 0 Å². The van der Waals surface area contributed by atoms with E-state index in [1.54, 1.807) is 13.8 Å². The molecule has 1 aromatic carbocycles. The van der Waals surface area contributed by atoms with E-state index < -0.39 is 24.5 Å². The Morgan fingerprint density at radius 3 is 2.48 bits per heavy atom. The highest BCUT2D eigenvalue weighted by atomic mass is 35.5. The van der Waals surface area contributed by atoms with Crippen LogP contribution >= 0.6 is 11.6 Å². The van der Waals surface area contributed by atoms with Crippen molar-refractivity contribution in [2.75, 3.05) is 26.4 Å². The van der Waals surface area contributed by atoms with Crippen molar-refractivity contribution in [3.05, 3.63) is 22.7 Å². The van der Waals surface area contributed by atoms with E-state index in [4.69, 9.17) is 25.8 Å². The summed E-state index contributed by atoms with van der Waals surface area (Å²) in [6, 6.07) is 2.17. The Bertz CT molecular complexity index is 665. The quantitative estimate of drug-likeness (QED) is 0.462. The van der Waals surface area contributed by atoms with Crippen molar-refractivity contribution in [3.63, 3.8) is 0 Å². The van der Waals surface area contributed by atoms with Crippen LogP contribution < -0.4 is 20.1 Å². The summed E-state index contributed by atoms with van der Waals surface area (Å²) in [5.41, 5.74) is 0.108. The summed E-state index contributed by atoms with van der Waals surface area (Å²) in [5.74, 6) is -0.841. The molecule has 0 aromatic heterocycles. The first-order valence-corrected chi connectivity index (χ1v) is 9.14. The predicted octanol–water partition coefficient (Wildman–Crippen LogP) is 2.92. The molecule has 0 saturated carbocycles. The van der Waals surface area contributed by atoms with Crippen molar-refractivity contribution >= 4 is 29.5 Å². The number of hydrogen-bond acceptors (Lipinski definition) is 6. The normalized spacial score (nSPS) is 10.1. The lowest BCUT2D eigenvalue weighted by Gasteiger charge is -2.15. The van der Waals surface area contributed by atoms with Gasteiger partial charge in [-0.15, -0.1) is 0 Å². The second kappa shape index (κ2) is 12.0. The molecule has 0 unspecified atom stereocenters. The molecule has 0 saturated heterocycles. The molecule has 8 nitrogen and oxygen atoms in total. The van der Waals surface area contributed by atoms with Gasteiger partial charge >= 0.3 is 12.0 Å². The van der Waals surface area contributed by atoms with Gasteiger partial charge in [-0.2, -0.15) is 0 Å². The summed E-state index contributed by atoms with van der Waals surface area (Å²) < 4.78 is 16.0. The van der Waals surface area contributed by atoms with E-state index in [0.717, 1.165) is 12.8 Å². The minimum absolute atomic E-state index is 0.108. The smallest absolute Gasteiger partial charge is 0.338 e. The maximum atomic E-state index is 12.2. The van der Waals surface area contributed by atoms with E-state index in [1.807, 2.05) is 12.2 Å². The van der Waals surface area contributed by atoms with Gasteiger partial charge in [0.05, 0.1) is 23.8 Å². The van der Waals surface area contributed by atoms with Crippen LogP contribution in [-0.2, 0) is 9.53 Å². The molecule has 1 rings (SSSR count). The largest absolute Gasteiger partial charge is 0.490 e. The number of ether oxygens (including phenoxy) is 3. The number of nitrogens with one attached hydrogen (secondary N) is 2. The molecule has 0 aliphatic rings. The molecule has 0 aliphatic carbocycles. The SMILES string of the molecule is CCCCOc1c(Cl)cc(C(=O)OCC(=O)NC(=O)NCC)cc1OCC. The van der Waals surface area contributed by atoms with Crippen LogP contribution in [0.25, 0.3) is 0 Å². The monoisotopic (exact) mass is 400 g/mol. The van der Waals surface area contributed by atoms with Crippen LogP contribution in [0.4, 0.5) is 4.79 Å². The Balaban J connectivity index is 2.78. The van der Waals surface area contributed by atoms with E-state index in [-0.39, 0.29) is 10.6 Å². The van der Waals surface area contributed by atoms with Crippen molar-refractivity contribution in [2.45, 2.75) is 33.6 Å². The molecule has 3 amide bonds. The zero-order valence-electron chi connectivity index (χ0n) is 15.7. The second-order valence-corrected chi connectivity index (χ2v) is 5.81.